The zero-order valence-electron chi connectivity index (χ0n) is 12.6. The molecule has 1 unspecified atom stereocenters. The van der Waals surface area contributed by atoms with Crippen molar-refractivity contribution in [3.8, 4) is 0 Å². The number of benzene rings is 1. The Labute approximate surface area is 131 Å². The first kappa shape index (κ1) is 16.3. The smallest absolute Gasteiger partial charge is 0.229 e. The van der Waals surface area contributed by atoms with Crippen molar-refractivity contribution >= 4 is 17.5 Å². The van der Waals surface area contributed by atoms with E-state index in [0.717, 1.165) is 31.5 Å². The van der Waals surface area contributed by atoms with Crippen molar-refractivity contribution in [2.24, 2.45) is 5.41 Å². The van der Waals surface area contributed by atoms with Crippen LogP contribution >= 0.6 is 11.6 Å². The van der Waals surface area contributed by atoms with E-state index in [4.69, 9.17) is 16.3 Å². The number of nitrogens with one attached hydrogen (secondary N) is 2. The fourth-order valence-electron chi connectivity index (χ4n) is 2.83. The molecule has 116 valence electrons. The highest BCUT2D eigenvalue weighted by atomic mass is 35.5. The van der Waals surface area contributed by atoms with Crippen LogP contribution in [0.1, 0.15) is 31.4 Å². The van der Waals surface area contributed by atoms with Crippen molar-refractivity contribution in [3.05, 3.63) is 34.9 Å². The van der Waals surface area contributed by atoms with E-state index in [2.05, 4.69) is 10.6 Å². The highest BCUT2D eigenvalue weighted by Gasteiger charge is 2.40. The summed E-state index contributed by atoms with van der Waals surface area (Å²) in [6, 6.07) is 7.52. The molecule has 1 atom stereocenters. The molecule has 1 saturated heterocycles. The Morgan fingerprint density at radius 2 is 2.19 bits per heavy atom. The summed E-state index contributed by atoms with van der Waals surface area (Å²) in [7, 11) is 1.65. The van der Waals surface area contributed by atoms with Gasteiger partial charge in [-0.1, -0.05) is 23.7 Å². The lowest BCUT2D eigenvalue weighted by Crippen LogP contribution is -2.50. The molecular formula is C16H23ClN2O2. The average molecular weight is 311 g/mol. The van der Waals surface area contributed by atoms with Crippen LogP contribution in [-0.4, -0.2) is 32.7 Å². The first-order chi connectivity index (χ1) is 10.1. The van der Waals surface area contributed by atoms with Gasteiger partial charge in [-0.2, -0.15) is 0 Å². The molecule has 4 nitrogen and oxygen atoms in total. The Hall–Kier alpha value is -1.10. The predicted octanol–water partition coefficient (Wildman–Crippen LogP) is 2.53. The second-order valence-corrected chi connectivity index (χ2v) is 6.15. The topological polar surface area (TPSA) is 50.4 Å². The van der Waals surface area contributed by atoms with Crippen LogP contribution in [0.15, 0.2) is 24.3 Å². The highest BCUT2D eigenvalue weighted by molar-refractivity contribution is 6.30. The van der Waals surface area contributed by atoms with Gasteiger partial charge < -0.3 is 15.4 Å². The third kappa shape index (κ3) is 3.96. The molecule has 1 aliphatic heterocycles. The van der Waals surface area contributed by atoms with Crippen molar-refractivity contribution in [1.82, 2.24) is 10.6 Å². The summed E-state index contributed by atoms with van der Waals surface area (Å²) in [5.41, 5.74) is 0.588. The van der Waals surface area contributed by atoms with E-state index >= 15 is 0 Å². The van der Waals surface area contributed by atoms with Crippen LogP contribution in [0.4, 0.5) is 0 Å². The molecule has 1 aromatic carbocycles. The van der Waals surface area contributed by atoms with Crippen LogP contribution in [0.2, 0.25) is 5.02 Å². The number of hydrogen-bond acceptors (Lipinski definition) is 3. The Bertz CT molecular complexity index is 481. The first-order valence-electron chi connectivity index (χ1n) is 7.33. The van der Waals surface area contributed by atoms with Gasteiger partial charge in [0.25, 0.3) is 0 Å². The number of piperidine rings is 1. The zero-order valence-corrected chi connectivity index (χ0v) is 13.4. The zero-order chi connectivity index (χ0) is 15.3. The van der Waals surface area contributed by atoms with E-state index in [0.29, 0.717) is 11.6 Å². The van der Waals surface area contributed by atoms with Gasteiger partial charge in [0, 0.05) is 12.1 Å². The fourth-order valence-corrected chi connectivity index (χ4v) is 3.03. The lowest BCUT2D eigenvalue weighted by Gasteiger charge is -2.36. The van der Waals surface area contributed by atoms with Gasteiger partial charge in [0.1, 0.15) is 0 Å². The molecule has 1 fully saturated rings. The molecule has 1 heterocycles. The van der Waals surface area contributed by atoms with Gasteiger partial charge in [-0.05, 0) is 50.6 Å². The number of carbonyl (C=O) groups excluding carboxylic acids is 1. The third-order valence-corrected chi connectivity index (χ3v) is 4.39. The molecule has 2 N–H and O–H groups in total. The van der Waals surface area contributed by atoms with Crippen LogP contribution < -0.4 is 10.6 Å². The van der Waals surface area contributed by atoms with Crippen molar-refractivity contribution in [3.63, 3.8) is 0 Å². The maximum atomic E-state index is 12.7. The summed E-state index contributed by atoms with van der Waals surface area (Å²) in [5, 5.41) is 7.09. The Kier molecular flexibility index (Phi) is 5.62. The number of hydrogen-bond donors (Lipinski definition) is 2. The fraction of sp³-hybridized carbons (Fsp3) is 0.562. The summed E-state index contributed by atoms with van der Waals surface area (Å²) >= 11 is 6.01. The molecular weight excluding hydrogens is 288 g/mol. The molecule has 1 aliphatic rings. The summed E-state index contributed by atoms with van der Waals surface area (Å²) in [6.07, 6.45) is 1.60. The van der Waals surface area contributed by atoms with E-state index < -0.39 is 5.41 Å². The number of halogens is 1. The van der Waals surface area contributed by atoms with E-state index in [9.17, 15) is 4.79 Å². The minimum Gasteiger partial charge on any atom is -0.384 e. The molecule has 21 heavy (non-hydrogen) atoms. The van der Waals surface area contributed by atoms with E-state index in [-0.39, 0.29) is 11.9 Å². The van der Waals surface area contributed by atoms with Gasteiger partial charge in [0.05, 0.1) is 18.1 Å². The van der Waals surface area contributed by atoms with Crippen LogP contribution in [0.25, 0.3) is 0 Å². The minimum absolute atomic E-state index is 0.0679. The number of ether oxygens (including phenoxy) is 1. The Morgan fingerprint density at radius 1 is 1.48 bits per heavy atom. The Morgan fingerprint density at radius 3 is 2.81 bits per heavy atom. The minimum atomic E-state index is -0.424. The van der Waals surface area contributed by atoms with Crippen molar-refractivity contribution in [2.45, 2.75) is 25.8 Å². The van der Waals surface area contributed by atoms with Gasteiger partial charge in [-0.25, -0.2) is 0 Å². The molecule has 0 aromatic heterocycles. The summed E-state index contributed by atoms with van der Waals surface area (Å²) in [5.74, 6) is 0.0679. The van der Waals surface area contributed by atoms with Crippen LogP contribution in [0.3, 0.4) is 0 Å². The quantitative estimate of drug-likeness (QED) is 0.878. The van der Waals surface area contributed by atoms with Gasteiger partial charge >= 0.3 is 0 Å². The largest absolute Gasteiger partial charge is 0.384 e. The molecule has 0 saturated carbocycles. The molecule has 0 spiro atoms. The predicted molar refractivity (Wildman–Crippen MR) is 84.4 cm³/mol. The lowest BCUT2D eigenvalue weighted by molar-refractivity contribution is -0.136. The lowest BCUT2D eigenvalue weighted by atomic mass is 9.78. The second-order valence-electron chi connectivity index (χ2n) is 5.71. The standard InChI is InChI=1S/C16H23ClN2O2/c1-12(13-4-3-5-14(17)10-13)19-15(20)16(11-21-2)6-8-18-9-7-16/h3-5,10,12,18H,6-9,11H2,1-2H3,(H,19,20). The average Bonchev–Trinajstić information content (AvgIpc) is 2.48. The second kappa shape index (κ2) is 7.25. The van der Waals surface area contributed by atoms with E-state index in [1.165, 1.54) is 0 Å². The third-order valence-electron chi connectivity index (χ3n) is 4.16. The summed E-state index contributed by atoms with van der Waals surface area (Å²) < 4.78 is 5.30. The van der Waals surface area contributed by atoms with E-state index in [1.807, 2.05) is 31.2 Å². The van der Waals surface area contributed by atoms with Crippen LogP contribution in [0, 0.1) is 5.41 Å². The molecule has 0 aliphatic carbocycles. The molecule has 2 rings (SSSR count). The number of rotatable bonds is 5. The number of amides is 1. The molecule has 1 aromatic rings. The maximum Gasteiger partial charge on any atom is 0.229 e. The SMILES string of the molecule is COCC1(C(=O)NC(C)c2cccc(Cl)c2)CCNCC1. The monoisotopic (exact) mass is 310 g/mol. The Balaban J connectivity index is 2.07. The first-order valence-corrected chi connectivity index (χ1v) is 7.71. The normalized spacial score (nSPS) is 19.0. The van der Waals surface area contributed by atoms with Crippen LogP contribution in [-0.2, 0) is 9.53 Å². The van der Waals surface area contributed by atoms with Crippen molar-refractivity contribution in [1.29, 1.82) is 0 Å². The van der Waals surface area contributed by atoms with Gasteiger partial charge in [-0.15, -0.1) is 0 Å². The maximum absolute atomic E-state index is 12.7. The van der Waals surface area contributed by atoms with Gasteiger partial charge in [-0.3, -0.25) is 4.79 Å². The summed E-state index contributed by atoms with van der Waals surface area (Å²) in [4.78, 5) is 12.7. The molecule has 0 bridgehead atoms. The molecule has 0 radical (unpaired) electrons. The molecule has 1 amide bonds. The van der Waals surface area contributed by atoms with Crippen LogP contribution in [0.5, 0.6) is 0 Å². The summed E-state index contributed by atoms with van der Waals surface area (Å²) in [6.45, 7) is 4.14. The van der Waals surface area contributed by atoms with Crippen molar-refractivity contribution < 1.29 is 9.53 Å². The highest BCUT2D eigenvalue weighted by Crippen LogP contribution is 2.30. The van der Waals surface area contributed by atoms with Gasteiger partial charge in [0.2, 0.25) is 5.91 Å². The molecule has 5 heteroatoms. The van der Waals surface area contributed by atoms with Crippen molar-refractivity contribution in [2.75, 3.05) is 26.8 Å². The number of carbonyl (C=O) groups is 1. The van der Waals surface area contributed by atoms with Gasteiger partial charge in [0.15, 0.2) is 0 Å². The van der Waals surface area contributed by atoms with E-state index in [1.54, 1.807) is 7.11 Å². The number of methoxy groups -OCH3 is 1.